The minimum absolute atomic E-state index is 0.173. The number of carboxylic acids is 1. The number of nitrogens with zero attached hydrogens (tertiary/aromatic N) is 1. The van der Waals surface area contributed by atoms with Crippen molar-refractivity contribution >= 4 is 22.6 Å². The molecule has 110 valence electrons. The Balaban J connectivity index is 2.27. The molecule has 5 heteroatoms. The fourth-order valence-electron chi connectivity index (χ4n) is 2.22. The van der Waals surface area contributed by atoms with Crippen molar-refractivity contribution in [1.82, 2.24) is 10.3 Å². The smallest absolute Gasteiger partial charge is 0.326 e. The molecule has 5 nitrogen and oxygen atoms in total. The van der Waals surface area contributed by atoms with Gasteiger partial charge in [0.25, 0.3) is 5.91 Å². The third kappa shape index (κ3) is 3.56. The zero-order chi connectivity index (χ0) is 15.4. The molecule has 2 rings (SSSR count). The van der Waals surface area contributed by atoms with Crippen molar-refractivity contribution in [3.8, 4) is 0 Å². The van der Waals surface area contributed by atoms with E-state index in [9.17, 15) is 14.7 Å². The second kappa shape index (κ2) is 6.35. The van der Waals surface area contributed by atoms with Crippen LogP contribution < -0.4 is 5.32 Å². The first-order chi connectivity index (χ1) is 9.99. The molecule has 1 amide bonds. The number of hydrogen-bond acceptors (Lipinski definition) is 3. The highest BCUT2D eigenvalue weighted by Crippen LogP contribution is 2.16. The van der Waals surface area contributed by atoms with E-state index in [2.05, 4.69) is 10.3 Å². The quantitative estimate of drug-likeness (QED) is 0.885. The molecule has 2 aromatic rings. The van der Waals surface area contributed by atoms with E-state index in [1.807, 2.05) is 38.1 Å². The fraction of sp³-hybridized carbons (Fsp3) is 0.312. The van der Waals surface area contributed by atoms with E-state index in [4.69, 9.17) is 0 Å². The van der Waals surface area contributed by atoms with Gasteiger partial charge in [-0.25, -0.2) is 4.79 Å². The summed E-state index contributed by atoms with van der Waals surface area (Å²) in [5.41, 5.74) is 0.253. The zero-order valence-electron chi connectivity index (χ0n) is 12.0. The molecular weight excluding hydrogens is 268 g/mol. The van der Waals surface area contributed by atoms with Gasteiger partial charge in [0, 0.05) is 11.6 Å². The van der Waals surface area contributed by atoms with E-state index in [0.717, 1.165) is 5.39 Å². The van der Waals surface area contributed by atoms with Crippen LogP contribution >= 0.6 is 0 Å². The normalized spacial score (nSPS) is 12.3. The van der Waals surface area contributed by atoms with Crippen LogP contribution in [0.5, 0.6) is 0 Å². The van der Waals surface area contributed by atoms with Crippen molar-refractivity contribution in [1.29, 1.82) is 0 Å². The molecular formula is C16H18N2O3. The maximum Gasteiger partial charge on any atom is 0.326 e. The maximum atomic E-state index is 12.3. The van der Waals surface area contributed by atoms with Gasteiger partial charge in [-0.05, 0) is 23.8 Å². The molecule has 0 aliphatic rings. The van der Waals surface area contributed by atoms with Crippen LogP contribution in [-0.4, -0.2) is 28.0 Å². The minimum atomic E-state index is -1.03. The number of carbonyl (C=O) groups is 2. The molecule has 21 heavy (non-hydrogen) atoms. The number of hydrogen-bond donors (Lipinski definition) is 2. The molecule has 2 N–H and O–H groups in total. The van der Waals surface area contributed by atoms with E-state index >= 15 is 0 Å². The number of carboxylic acid groups (broad SMARTS) is 1. The van der Waals surface area contributed by atoms with Gasteiger partial charge in [0.05, 0.1) is 0 Å². The van der Waals surface area contributed by atoms with Gasteiger partial charge in [0.2, 0.25) is 0 Å². The average molecular weight is 286 g/mol. The summed E-state index contributed by atoms with van der Waals surface area (Å²) in [7, 11) is 0. The van der Waals surface area contributed by atoms with E-state index in [1.54, 1.807) is 12.3 Å². The Morgan fingerprint density at radius 3 is 2.62 bits per heavy atom. The standard InChI is InChI=1S/C16H18N2O3/c1-10(2)9-13(16(20)21)18-15(19)14-12-6-4-3-5-11(12)7-8-17-14/h3-8,10,13H,9H2,1-2H3,(H,18,19)(H,20,21)/t13-/m1/s1. The lowest BCUT2D eigenvalue weighted by Gasteiger charge is -2.16. The first-order valence-electron chi connectivity index (χ1n) is 6.86. The molecule has 0 spiro atoms. The monoisotopic (exact) mass is 286 g/mol. The number of aromatic nitrogens is 1. The Hall–Kier alpha value is -2.43. The van der Waals surface area contributed by atoms with Gasteiger partial charge in [0.1, 0.15) is 11.7 Å². The number of benzene rings is 1. The van der Waals surface area contributed by atoms with E-state index in [1.165, 1.54) is 0 Å². The Morgan fingerprint density at radius 2 is 1.95 bits per heavy atom. The summed E-state index contributed by atoms with van der Waals surface area (Å²) in [6.45, 7) is 3.83. The van der Waals surface area contributed by atoms with Gasteiger partial charge in [-0.3, -0.25) is 9.78 Å². The Kier molecular flexibility index (Phi) is 4.52. The molecule has 1 atom stereocenters. The van der Waals surface area contributed by atoms with Crippen LogP contribution in [0.1, 0.15) is 30.8 Å². The molecule has 0 unspecified atom stereocenters. The number of nitrogens with one attached hydrogen (secondary N) is 1. The molecule has 0 aliphatic carbocycles. The topological polar surface area (TPSA) is 79.3 Å². The number of fused-ring (bicyclic) bond motifs is 1. The first-order valence-corrected chi connectivity index (χ1v) is 6.86. The van der Waals surface area contributed by atoms with Crippen molar-refractivity contribution in [2.24, 2.45) is 5.92 Å². The Bertz CT molecular complexity index is 662. The Morgan fingerprint density at radius 1 is 1.24 bits per heavy atom. The number of rotatable bonds is 5. The highest BCUT2D eigenvalue weighted by atomic mass is 16.4. The van der Waals surface area contributed by atoms with Crippen molar-refractivity contribution in [2.75, 3.05) is 0 Å². The molecule has 0 radical (unpaired) electrons. The number of amides is 1. The van der Waals surface area contributed by atoms with Gasteiger partial charge in [-0.2, -0.15) is 0 Å². The Labute approximate surface area is 123 Å². The van der Waals surface area contributed by atoms with E-state index in [-0.39, 0.29) is 11.6 Å². The lowest BCUT2D eigenvalue weighted by Crippen LogP contribution is -2.42. The first kappa shape index (κ1) is 15.0. The molecule has 1 aromatic heterocycles. The van der Waals surface area contributed by atoms with Gasteiger partial charge in [-0.15, -0.1) is 0 Å². The second-order valence-corrected chi connectivity index (χ2v) is 5.37. The average Bonchev–Trinajstić information content (AvgIpc) is 2.45. The number of aliphatic carboxylic acids is 1. The van der Waals surface area contributed by atoms with Crippen LogP contribution in [-0.2, 0) is 4.79 Å². The van der Waals surface area contributed by atoms with Gasteiger partial charge < -0.3 is 10.4 Å². The third-order valence-corrected chi connectivity index (χ3v) is 3.20. The van der Waals surface area contributed by atoms with E-state index < -0.39 is 17.9 Å². The SMILES string of the molecule is CC(C)C[C@@H](NC(=O)c1nccc2ccccc12)C(=O)O. The molecule has 0 bridgehead atoms. The van der Waals surface area contributed by atoms with Crippen molar-refractivity contribution < 1.29 is 14.7 Å². The highest BCUT2D eigenvalue weighted by Gasteiger charge is 2.23. The third-order valence-electron chi connectivity index (χ3n) is 3.20. The number of carbonyl (C=O) groups excluding carboxylic acids is 1. The molecule has 0 fully saturated rings. The highest BCUT2D eigenvalue weighted by molar-refractivity contribution is 6.06. The number of pyridine rings is 1. The second-order valence-electron chi connectivity index (χ2n) is 5.37. The summed E-state index contributed by atoms with van der Waals surface area (Å²) in [6.07, 6.45) is 1.93. The predicted molar refractivity (Wildman–Crippen MR) is 80.1 cm³/mol. The summed E-state index contributed by atoms with van der Waals surface area (Å²) in [5, 5.41) is 13.4. The van der Waals surface area contributed by atoms with Crippen LogP contribution in [0.2, 0.25) is 0 Å². The van der Waals surface area contributed by atoms with Crippen LogP contribution in [0.3, 0.4) is 0 Å². The summed E-state index contributed by atoms with van der Waals surface area (Å²) in [4.78, 5) is 27.6. The van der Waals surface area contributed by atoms with Crippen LogP contribution in [0.25, 0.3) is 10.8 Å². The van der Waals surface area contributed by atoms with E-state index in [0.29, 0.717) is 11.8 Å². The molecule has 1 aromatic carbocycles. The van der Waals surface area contributed by atoms with Crippen molar-refractivity contribution in [2.45, 2.75) is 26.3 Å². The largest absolute Gasteiger partial charge is 0.480 e. The van der Waals surface area contributed by atoms with Crippen molar-refractivity contribution in [3.05, 3.63) is 42.2 Å². The summed E-state index contributed by atoms with van der Waals surface area (Å²) < 4.78 is 0. The molecule has 0 aliphatic heterocycles. The fourth-order valence-corrected chi connectivity index (χ4v) is 2.22. The minimum Gasteiger partial charge on any atom is -0.480 e. The lowest BCUT2D eigenvalue weighted by molar-refractivity contribution is -0.139. The van der Waals surface area contributed by atoms with Gasteiger partial charge >= 0.3 is 5.97 Å². The van der Waals surface area contributed by atoms with Gasteiger partial charge in [0.15, 0.2) is 0 Å². The molecule has 0 saturated heterocycles. The van der Waals surface area contributed by atoms with Crippen LogP contribution in [0.4, 0.5) is 0 Å². The zero-order valence-corrected chi connectivity index (χ0v) is 12.0. The van der Waals surface area contributed by atoms with Crippen LogP contribution in [0, 0.1) is 5.92 Å². The molecule has 0 saturated carbocycles. The summed E-state index contributed by atoms with van der Waals surface area (Å²) >= 11 is 0. The van der Waals surface area contributed by atoms with Crippen LogP contribution in [0.15, 0.2) is 36.5 Å². The predicted octanol–water partition coefficient (Wildman–Crippen LogP) is 2.46. The van der Waals surface area contributed by atoms with Gasteiger partial charge in [-0.1, -0.05) is 38.1 Å². The summed E-state index contributed by atoms with van der Waals surface area (Å²) in [6, 6.07) is 8.30. The summed E-state index contributed by atoms with van der Waals surface area (Å²) in [5.74, 6) is -1.32. The van der Waals surface area contributed by atoms with Crippen molar-refractivity contribution in [3.63, 3.8) is 0 Å². The maximum absolute atomic E-state index is 12.3. The lowest BCUT2D eigenvalue weighted by atomic mass is 10.0. The molecule has 1 heterocycles.